The van der Waals surface area contributed by atoms with Crippen molar-refractivity contribution in [3.8, 4) is 0 Å². The number of rotatable bonds is 2. The molecule has 0 aliphatic rings. The maximum Gasteiger partial charge on any atom is 0.171 e. The molecule has 0 rings (SSSR count). The fourth-order valence-electron chi connectivity index (χ4n) is 0.0582. The summed E-state index contributed by atoms with van der Waals surface area (Å²) in [7, 11) is 0. The summed E-state index contributed by atoms with van der Waals surface area (Å²) in [5.41, 5.74) is 2.11. The minimum absolute atomic E-state index is 0.542. The van der Waals surface area contributed by atoms with E-state index in [1.165, 1.54) is 6.92 Å². The smallest absolute Gasteiger partial charge is 0.171 e. The molecule has 0 saturated carbocycles. The molecule has 44 valence electrons. The van der Waals surface area contributed by atoms with Crippen LogP contribution in [0.25, 0.3) is 0 Å². The van der Waals surface area contributed by atoms with Crippen LogP contribution >= 0.6 is 0 Å². The maximum atomic E-state index is 9.90. The van der Waals surface area contributed by atoms with Gasteiger partial charge in [0.05, 0.1) is 0 Å². The van der Waals surface area contributed by atoms with E-state index in [9.17, 15) is 4.21 Å². The first-order valence-electron chi connectivity index (χ1n) is 1.74. The first-order valence-corrected chi connectivity index (χ1v) is 2.91. The number of hydrazine groups is 1. The number of nitrogens with one attached hydrogen (secondary N) is 1. The first kappa shape index (κ1) is 7.03. The van der Waals surface area contributed by atoms with E-state index in [4.69, 9.17) is 10.4 Å². The van der Waals surface area contributed by atoms with E-state index in [0.29, 0.717) is 0 Å². The topological polar surface area (TPSA) is 75.3 Å². The van der Waals surface area contributed by atoms with Crippen molar-refractivity contribution >= 4 is 11.1 Å². The number of nitrogens with two attached hydrogens (primary N) is 1. The molecule has 0 spiro atoms. The van der Waals surface area contributed by atoms with Crippen molar-refractivity contribution in [3.05, 3.63) is 0 Å². The molecule has 0 heterocycles. The molecule has 0 saturated heterocycles. The Morgan fingerprint density at radius 1 is 2.00 bits per heavy atom. The summed E-state index contributed by atoms with van der Waals surface area (Å²) in [6, 6.07) is 0. The average Bonchev–Trinajstić information content (AvgIpc) is 1.65. The lowest BCUT2D eigenvalue weighted by molar-refractivity contribution is 0.534. The van der Waals surface area contributed by atoms with Gasteiger partial charge in [-0.1, -0.05) is 0 Å². The van der Waals surface area contributed by atoms with E-state index >= 15 is 0 Å². The second-order valence-electron chi connectivity index (χ2n) is 1.09. The van der Waals surface area contributed by atoms with Gasteiger partial charge in [-0.2, -0.15) is 0 Å². The summed E-state index contributed by atoms with van der Waals surface area (Å²) in [6.07, 6.45) is 0. The van der Waals surface area contributed by atoms with Crippen molar-refractivity contribution in [2.75, 3.05) is 0 Å². The molecule has 0 aliphatic carbocycles. The molecule has 0 radical (unpaired) electrons. The summed E-state index contributed by atoms with van der Waals surface area (Å²) < 4.78 is 18.0. The highest BCUT2D eigenvalue weighted by Crippen LogP contribution is 1.80. The van der Waals surface area contributed by atoms with Crippen LogP contribution in [0.5, 0.6) is 0 Å². The standard InChI is InChI=1S/C2H8N2O2S/c1-2(4-3)7(5)6/h2,4H,3H2,1H3,(H,5,6). The molecule has 0 amide bonds. The minimum atomic E-state index is -1.85. The van der Waals surface area contributed by atoms with Gasteiger partial charge in [-0.15, -0.1) is 0 Å². The van der Waals surface area contributed by atoms with Crippen molar-refractivity contribution < 1.29 is 8.76 Å². The van der Waals surface area contributed by atoms with Gasteiger partial charge in [0, 0.05) is 0 Å². The lowest BCUT2D eigenvalue weighted by Crippen LogP contribution is -2.35. The van der Waals surface area contributed by atoms with E-state index < -0.39 is 16.5 Å². The lowest BCUT2D eigenvalue weighted by Gasteiger charge is -2.00. The Morgan fingerprint density at radius 3 is 2.43 bits per heavy atom. The summed E-state index contributed by atoms with van der Waals surface area (Å²) in [6.45, 7) is 1.51. The van der Waals surface area contributed by atoms with Crippen LogP contribution in [-0.4, -0.2) is 14.1 Å². The second kappa shape index (κ2) is 3.09. The fourth-order valence-corrected chi connectivity index (χ4v) is 0.175. The normalized spacial score (nSPS) is 18.7. The van der Waals surface area contributed by atoms with Gasteiger partial charge >= 0.3 is 0 Å². The summed E-state index contributed by atoms with van der Waals surface area (Å²) in [5.74, 6) is 4.77. The molecule has 4 N–H and O–H groups in total. The van der Waals surface area contributed by atoms with E-state index in [0.717, 1.165) is 0 Å². The Balaban J connectivity index is 3.34. The molecule has 4 nitrogen and oxygen atoms in total. The number of hydrogen-bond donors (Lipinski definition) is 3. The van der Waals surface area contributed by atoms with Crippen LogP contribution < -0.4 is 11.3 Å². The van der Waals surface area contributed by atoms with Crippen LogP contribution in [0, 0.1) is 0 Å². The zero-order chi connectivity index (χ0) is 5.86. The van der Waals surface area contributed by atoms with Gasteiger partial charge in [-0.3, -0.25) is 5.84 Å². The summed E-state index contributed by atoms with van der Waals surface area (Å²) in [4.78, 5) is 0. The van der Waals surface area contributed by atoms with Gasteiger partial charge in [-0.05, 0) is 6.92 Å². The van der Waals surface area contributed by atoms with Crippen LogP contribution in [0.3, 0.4) is 0 Å². The van der Waals surface area contributed by atoms with Crippen LogP contribution in [-0.2, 0) is 11.1 Å². The highest BCUT2D eigenvalue weighted by molar-refractivity contribution is 7.79. The van der Waals surface area contributed by atoms with Crippen LogP contribution in [0.15, 0.2) is 0 Å². The Labute approximate surface area is 44.3 Å². The van der Waals surface area contributed by atoms with Gasteiger partial charge in [0.15, 0.2) is 11.1 Å². The first-order chi connectivity index (χ1) is 3.18. The highest BCUT2D eigenvalue weighted by Gasteiger charge is 2.01. The fraction of sp³-hybridized carbons (Fsp3) is 1.00. The van der Waals surface area contributed by atoms with E-state index in [2.05, 4.69) is 5.43 Å². The third-order valence-electron chi connectivity index (χ3n) is 0.537. The Kier molecular flexibility index (Phi) is 3.10. The zero-order valence-corrected chi connectivity index (χ0v) is 4.73. The molecular formula is C2H8N2O2S. The Morgan fingerprint density at radius 2 is 2.43 bits per heavy atom. The lowest BCUT2D eigenvalue weighted by atomic mass is 10.8. The molecular weight excluding hydrogens is 116 g/mol. The van der Waals surface area contributed by atoms with E-state index in [-0.39, 0.29) is 0 Å². The molecule has 0 aromatic carbocycles. The van der Waals surface area contributed by atoms with Gasteiger partial charge in [-0.25, -0.2) is 9.63 Å². The molecule has 7 heavy (non-hydrogen) atoms. The molecule has 5 heteroatoms. The van der Waals surface area contributed by atoms with Crippen LogP contribution in [0.4, 0.5) is 0 Å². The SMILES string of the molecule is CC(NN)S(=O)O. The largest absolute Gasteiger partial charge is 0.305 e. The molecule has 0 aromatic heterocycles. The van der Waals surface area contributed by atoms with Crippen molar-refractivity contribution in [2.24, 2.45) is 5.84 Å². The minimum Gasteiger partial charge on any atom is -0.305 e. The van der Waals surface area contributed by atoms with E-state index in [1.54, 1.807) is 0 Å². The number of hydrogen-bond acceptors (Lipinski definition) is 3. The van der Waals surface area contributed by atoms with Crippen molar-refractivity contribution in [1.82, 2.24) is 5.43 Å². The van der Waals surface area contributed by atoms with Crippen molar-refractivity contribution in [3.63, 3.8) is 0 Å². The van der Waals surface area contributed by atoms with Gasteiger partial charge < -0.3 is 4.55 Å². The second-order valence-corrected chi connectivity index (χ2v) is 2.34. The average molecular weight is 124 g/mol. The third-order valence-corrected chi connectivity index (χ3v) is 1.28. The van der Waals surface area contributed by atoms with Crippen molar-refractivity contribution in [2.45, 2.75) is 12.3 Å². The van der Waals surface area contributed by atoms with Crippen LogP contribution in [0.2, 0.25) is 0 Å². The quantitative estimate of drug-likeness (QED) is 0.251. The predicted octanol–water partition coefficient (Wildman–Crippen LogP) is -0.983. The summed E-state index contributed by atoms with van der Waals surface area (Å²) in [5, 5.41) is -0.542. The Bertz CT molecular complexity index is 76.1. The molecule has 0 bridgehead atoms. The highest BCUT2D eigenvalue weighted by atomic mass is 32.2. The van der Waals surface area contributed by atoms with Gasteiger partial charge in [0.25, 0.3) is 0 Å². The van der Waals surface area contributed by atoms with Crippen molar-refractivity contribution in [1.29, 1.82) is 0 Å². The molecule has 0 aliphatic heterocycles. The zero-order valence-electron chi connectivity index (χ0n) is 3.92. The molecule has 2 unspecified atom stereocenters. The molecule has 0 aromatic rings. The maximum absolute atomic E-state index is 9.90. The van der Waals surface area contributed by atoms with Gasteiger partial charge in [0.2, 0.25) is 0 Å². The molecule has 0 fully saturated rings. The van der Waals surface area contributed by atoms with Gasteiger partial charge in [0.1, 0.15) is 5.37 Å². The molecule has 2 atom stereocenters. The third kappa shape index (κ3) is 2.69. The van der Waals surface area contributed by atoms with E-state index in [1.807, 2.05) is 0 Å². The Hall–Kier alpha value is 0.0300. The van der Waals surface area contributed by atoms with Crippen LogP contribution in [0.1, 0.15) is 6.92 Å². The monoisotopic (exact) mass is 124 g/mol. The summed E-state index contributed by atoms with van der Waals surface area (Å²) >= 11 is -1.85. The predicted molar refractivity (Wildman–Crippen MR) is 27.6 cm³/mol.